The minimum Gasteiger partial charge on any atom is -0.349 e. The zero-order chi connectivity index (χ0) is 14.4. The van der Waals surface area contributed by atoms with Gasteiger partial charge in [0.2, 0.25) is 0 Å². The quantitative estimate of drug-likeness (QED) is 0.691. The van der Waals surface area contributed by atoms with Gasteiger partial charge in [0.05, 0.1) is 0 Å². The van der Waals surface area contributed by atoms with Gasteiger partial charge in [-0.15, -0.1) is 0 Å². The first kappa shape index (κ1) is 15.1. The van der Waals surface area contributed by atoms with Crippen LogP contribution in [-0.2, 0) is 6.42 Å². The molecule has 0 aliphatic heterocycles. The van der Waals surface area contributed by atoms with E-state index in [1.807, 2.05) is 18.5 Å². The van der Waals surface area contributed by atoms with Crippen LogP contribution in [0.3, 0.4) is 0 Å². The van der Waals surface area contributed by atoms with E-state index in [4.69, 9.17) is 11.6 Å². The van der Waals surface area contributed by atoms with Gasteiger partial charge in [-0.25, -0.2) is 4.98 Å². The average Bonchev–Trinajstić information content (AvgIpc) is 2.91. The molecule has 1 atom stereocenters. The van der Waals surface area contributed by atoms with Gasteiger partial charge in [0.1, 0.15) is 5.82 Å². The van der Waals surface area contributed by atoms with Crippen LogP contribution in [0.15, 0.2) is 30.6 Å². The van der Waals surface area contributed by atoms with Gasteiger partial charge in [0.15, 0.2) is 0 Å². The van der Waals surface area contributed by atoms with Gasteiger partial charge in [-0.2, -0.15) is 0 Å². The molecule has 1 N–H and O–H groups in total. The lowest BCUT2D eigenvalue weighted by molar-refractivity contribution is 0.553. The van der Waals surface area contributed by atoms with Crippen LogP contribution >= 0.6 is 11.6 Å². The Hall–Kier alpha value is -1.28. The lowest BCUT2D eigenvalue weighted by atomic mass is 9.87. The maximum atomic E-state index is 6.07. The molecule has 2 rings (SSSR count). The number of imidazole rings is 1. The molecule has 0 aliphatic carbocycles. The van der Waals surface area contributed by atoms with Crippen LogP contribution in [0, 0.1) is 6.92 Å². The van der Waals surface area contributed by atoms with Crippen molar-refractivity contribution in [2.75, 3.05) is 0 Å². The minimum atomic E-state index is 0.518. The molecule has 1 aromatic carbocycles. The van der Waals surface area contributed by atoms with Crippen molar-refractivity contribution in [3.63, 3.8) is 0 Å². The monoisotopic (exact) mass is 290 g/mol. The van der Waals surface area contributed by atoms with Crippen LogP contribution in [0.2, 0.25) is 5.02 Å². The number of hydrogen-bond donors (Lipinski definition) is 1. The van der Waals surface area contributed by atoms with Crippen molar-refractivity contribution in [2.45, 2.75) is 51.9 Å². The molecule has 1 aromatic heterocycles. The van der Waals surface area contributed by atoms with E-state index < -0.39 is 0 Å². The molecule has 0 aliphatic rings. The number of nitrogens with zero attached hydrogens (tertiary/aromatic N) is 1. The Morgan fingerprint density at radius 2 is 2.15 bits per heavy atom. The molecule has 0 radical (unpaired) electrons. The van der Waals surface area contributed by atoms with Crippen LogP contribution in [0.4, 0.5) is 0 Å². The minimum absolute atomic E-state index is 0.518. The Bertz CT molecular complexity index is 520. The number of H-pyrrole nitrogens is 1. The first-order valence-corrected chi connectivity index (χ1v) is 7.82. The van der Waals surface area contributed by atoms with E-state index in [1.54, 1.807) is 0 Å². The van der Waals surface area contributed by atoms with Crippen molar-refractivity contribution in [1.29, 1.82) is 0 Å². The van der Waals surface area contributed by atoms with Gasteiger partial charge in [-0.05, 0) is 42.5 Å². The zero-order valence-electron chi connectivity index (χ0n) is 12.3. The molecular weight excluding hydrogens is 268 g/mol. The highest BCUT2D eigenvalue weighted by molar-refractivity contribution is 6.30. The van der Waals surface area contributed by atoms with Gasteiger partial charge in [0.25, 0.3) is 0 Å². The molecule has 0 amide bonds. The van der Waals surface area contributed by atoms with Crippen LogP contribution < -0.4 is 0 Å². The number of aryl methyl sites for hydroxylation is 1. The van der Waals surface area contributed by atoms with Crippen LogP contribution in [0.5, 0.6) is 0 Å². The third-order valence-electron chi connectivity index (χ3n) is 3.82. The summed E-state index contributed by atoms with van der Waals surface area (Å²) in [6.07, 6.45) is 9.72. The smallest absolute Gasteiger partial charge is 0.106 e. The zero-order valence-corrected chi connectivity index (χ0v) is 13.1. The summed E-state index contributed by atoms with van der Waals surface area (Å²) in [6.45, 7) is 4.39. The maximum Gasteiger partial charge on any atom is 0.106 e. The van der Waals surface area contributed by atoms with Crippen LogP contribution in [0.25, 0.3) is 0 Å². The first-order chi connectivity index (χ1) is 9.70. The van der Waals surface area contributed by atoms with Crippen LogP contribution in [-0.4, -0.2) is 9.97 Å². The summed E-state index contributed by atoms with van der Waals surface area (Å²) in [5.74, 6) is 1.59. The Morgan fingerprint density at radius 3 is 2.80 bits per heavy atom. The Morgan fingerprint density at radius 1 is 1.30 bits per heavy atom. The molecule has 0 saturated heterocycles. The van der Waals surface area contributed by atoms with E-state index in [0.717, 1.165) is 17.3 Å². The lowest BCUT2D eigenvalue weighted by Crippen LogP contribution is -2.06. The summed E-state index contributed by atoms with van der Waals surface area (Å²) < 4.78 is 0. The van der Waals surface area contributed by atoms with E-state index in [2.05, 4.69) is 35.9 Å². The largest absolute Gasteiger partial charge is 0.349 e. The topological polar surface area (TPSA) is 28.7 Å². The number of rotatable bonds is 7. The Labute approximate surface area is 126 Å². The third kappa shape index (κ3) is 4.11. The molecule has 0 bridgehead atoms. The van der Waals surface area contributed by atoms with Gasteiger partial charge < -0.3 is 4.98 Å². The van der Waals surface area contributed by atoms with Gasteiger partial charge >= 0.3 is 0 Å². The number of hydrogen-bond acceptors (Lipinski definition) is 1. The number of unbranched alkanes of at least 4 members (excludes halogenated alkanes) is 2. The SMILES string of the molecule is CCCCCC(Cc1ncc[nH]1)c1ccc(Cl)cc1C. The second-order valence-electron chi connectivity index (χ2n) is 5.43. The molecule has 0 saturated carbocycles. The molecule has 2 nitrogen and oxygen atoms in total. The summed E-state index contributed by atoms with van der Waals surface area (Å²) in [7, 11) is 0. The van der Waals surface area contributed by atoms with E-state index in [1.165, 1.54) is 36.8 Å². The van der Waals surface area contributed by atoms with Gasteiger partial charge in [0, 0.05) is 23.8 Å². The first-order valence-electron chi connectivity index (χ1n) is 7.45. The standard InChI is InChI=1S/C17H23ClN2/c1-3-4-5-6-14(12-17-19-9-10-20-17)16-8-7-15(18)11-13(16)2/h7-11,14H,3-6,12H2,1-2H3,(H,19,20). The van der Waals surface area contributed by atoms with E-state index in [0.29, 0.717) is 5.92 Å². The van der Waals surface area contributed by atoms with Crippen molar-refractivity contribution in [3.05, 3.63) is 52.6 Å². The fraction of sp³-hybridized carbons (Fsp3) is 0.471. The molecule has 3 heteroatoms. The Balaban J connectivity index is 2.15. The molecule has 1 heterocycles. The predicted octanol–water partition coefficient (Wildman–Crippen LogP) is 5.28. The maximum absolute atomic E-state index is 6.07. The lowest BCUT2D eigenvalue weighted by Gasteiger charge is -2.19. The van der Waals surface area contributed by atoms with Crippen molar-refractivity contribution >= 4 is 11.6 Å². The molecule has 20 heavy (non-hydrogen) atoms. The third-order valence-corrected chi connectivity index (χ3v) is 4.06. The molecule has 0 fully saturated rings. The van der Waals surface area contributed by atoms with E-state index in [9.17, 15) is 0 Å². The number of benzene rings is 1. The van der Waals surface area contributed by atoms with Gasteiger partial charge in [-0.1, -0.05) is 43.9 Å². The van der Waals surface area contributed by atoms with Gasteiger partial charge in [-0.3, -0.25) is 0 Å². The van der Waals surface area contributed by atoms with Crippen LogP contribution in [0.1, 0.15) is 55.5 Å². The molecular formula is C17H23ClN2. The number of nitrogens with one attached hydrogen (secondary N) is 1. The normalized spacial score (nSPS) is 12.6. The summed E-state index contributed by atoms with van der Waals surface area (Å²) in [5.41, 5.74) is 2.69. The summed E-state index contributed by atoms with van der Waals surface area (Å²) in [5, 5.41) is 0.816. The summed E-state index contributed by atoms with van der Waals surface area (Å²) >= 11 is 6.07. The molecule has 2 aromatic rings. The predicted molar refractivity (Wildman–Crippen MR) is 85.4 cm³/mol. The highest BCUT2D eigenvalue weighted by Gasteiger charge is 2.15. The summed E-state index contributed by atoms with van der Waals surface area (Å²) in [4.78, 5) is 7.60. The Kier molecular flexibility index (Phi) is 5.66. The second-order valence-corrected chi connectivity index (χ2v) is 5.87. The number of halogens is 1. The van der Waals surface area contributed by atoms with Crippen molar-refractivity contribution < 1.29 is 0 Å². The molecule has 1 unspecified atom stereocenters. The number of aromatic nitrogens is 2. The summed E-state index contributed by atoms with van der Waals surface area (Å²) in [6, 6.07) is 6.24. The van der Waals surface area contributed by atoms with Crippen molar-refractivity contribution in [1.82, 2.24) is 9.97 Å². The molecule has 0 spiro atoms. The molecule has 108 valence electrons. The average molecular weight is 291 g/mol. The highest BCUT2D eigenvalue weighted by Crippen LogP contribution is 2.29. The fourth-order valence-electron chi connectivity index (χ4n) is 2.75. The van der Waals surface area contributed by atoms with E-state index in [-0.39, 0.29) is 0 Å². The van der Waals surface area contributed by atoms with E-state index >= 15 is 0 Å². The highest BCUT2D eigenvalue weighted by atomic mass is 35.5. The fourth-order valence-corrected chi connectivity index (χ4v) is 2.98. The van der Waals surface area contributed by atoms with Crippen molar-refractivity contribution in [2.24, 2.45) is 0 Å². The van der Waals surface area contributed by atoms with Crippen molar-refractivity contribution in [3.8, 4) is 0 Å². The second kappa shape index (κ2) is 7.49. The number of aromatic amines is 1.